The second kappa shape index (κ2) is 4.30. The third-order valence-electron chi connectivity index (χ3n) is 2.54. The first-order valence-electron chi connectivity index (χ1n) is 5.13. The van der Waals surface area contributed by atoms with Gasteiger partial charge in [-0.3, -0.25) is 9.78 Å². The lowest BCUT2D eigenvalue weighted by molar-refractivity contribution is -0.139. The van der Waals surface area contributed by atoms with Crippen molar-refractivity contribution in [1.29, 1.82) is 0 Å². The van der Waals surface area contributed by atoms with E-state index in [1.54, 1.807) is 18.2 Å². The third kappa shape index (κ3) is 2.36. The van der Waals surface area contributed by atoms with Gasteiger partial charge in [0.1, 0.15) is 11.7 Å². The van der Waals surface area contributed by atoms with Crippen LogP contribution in [0.15, 0.2) is 24.4 Å². The van der Waals surface area contributed by atoms with Gasteiger partial charge in [0.25, 0.3) is 5.91 Å². The molecule has 0 bridgehead atoms. The first-order valence-corrected chi connectivity index (χ1v) is 5.13. The second-order valence-electron chi connectivity index (χ2n) is 3.84. The molecule has 1 unspecified atom stereocenters. The Balaban J connectivity index is 2.03. The Hall–Kier alpha value is -1.91. The van der Waals surface area contributed by atoms with Crippen molar-refractivity contribution in [3.63, 3.8) is 0 Å². The van der Waals surface area contributed by atoms with Crippen molar-refractivity contribution in [2.24, 2.45) is 5.92 Å². The number of aromatic nitrogens is 1. The van der Waals surface area contributed by atoms with E-state index in [0.717, 1.165) is 12.8 Å². The van der Waals surface area contributed by atoms with E-state index < -0.39 is 17.9 Å². The van der Waals surface area contributed by atoms with E-state index in [-0.39, 0.29) is 11.6 Å². The standard InChI is InChI=1S/C11H12N2O3/c14-10(8-3-1-2-6-12-8)13-9(11(15)16)7-4-5-7/h1-3,6-7,9H,4-5H2,(H,13,14)(H,15,16). The van der Waals surface area contributed by atoms with Gasteiger partial charge in [-0.05, 0) is 30.9 Å². The number of pyridine rings is 1. The molecule has 2 rings (SSSR count). The maximum atomic E-state index is 11.7. The summed E-state index contributed by atoms with van der Waals surface area (Å²) in [5, 5.41) is 11.4. The lowest BCUT2D eigenvalue weighted by Crippen LogP contribution is -2.42. The summed E-state index contributed by atoms with van der Waals surface area (Å²) in [6, 6.07) is 4.16. The number of amides is 1. The summed E-state index contributed by atoms with van der Waals surface area (Å²) in [7, 11) is 0. The summed E-state index contributed by atoms with van der Waals surface area (Å²) in [5.41, 5.74) is 0.245. The molecule has 0 saturated heterocycles. The summed E-state index contributed by atoms with van der Waals surface area (Å²) in [6.07, 6.45) is 3.22. The Bertz CT molecular complexity index is 401. The van der Waals surface area contributed by atoms with Gasteiger partial charge in [-0.15, -0.1) is 0 Å². The molecule has 1 heterocycles. The molecule has 1 aromatic heterocycles. The molecule has 1 fully saturated rings. The van der Waals surface area contributed by atoms with Crippen LogP contribution < -0.4 is 5.32 Å². The van der Waals surface area contributed by atoms with E-state index in [9.17, 15) is 9.59 Å². The highest BCUT2D eigenvalue weighted by atomic mass is 16.4. The molecular formula is C11H12N2O3. The molecule has 1 aliphatic carbocycles. The average molecular weight is 220 g/mol. The van der Waals surface area contributed by atoms with Gasteiger partial charge < -0.3 is 10.4 Å². The normalized spacial score (nSPS) is 16.5. The Morgan fingerprint density at radius 2 is 2.19 bits per heavy atom. The first kappa shape index (κ1) is 10.6. The number of hydrogen-bond donors (Lipinski definition) is 2. The first-order chi connectivity index (χ1) is 7.68. The Morgan fingerprint density at radius 3 is 2.69 bits per heavy atom. The topological polar surface area (TPSA) is 79.3 Å². The van der Waals surface area contributed by atoms with E-state index in [1.807, 2.05) is 0 Å². The van der Waals surface area contributed by atoms with Gasteiger partial charge in [0.05, 0.1) is 0 Å². The highest BCUT2D eigenvalue weighted by molar-refractivity contribution is 5.95. The van der Waals surface area contributed by atoms with Crippen molar-refractivity contribution in [3.05, 3.63) is 30.1 Å². The summed E-state index contributed by atoms with van der Waals surface area (Å²) >= 11 is 0. The van der Waals surface area contributed by atoms with Gasteiger partial charge in [-0.2, -0.15) is 0 Å². The third-order valence-corrected chi connectivity index (χ3v) is 2.54. The second-order valence-corrected chi connectivity index (χ2v) is 3.84. The number of aliphatic carboxylic acids is 1. The lowest BCUT2D eigenvalue weighted by Gasteiger charge is -2.12. The molecule has 16 heavy (non-hydrogen) atoms. The van der Waals surface area contributed by atoms with Gasteiger partial charge in [-0.1, -0.05) is 6.07 Å². The zero-order valence-corrected chi connectivity index (χ0v) is 8.59. The zero-order chi connectivity index (χ0) is 11.5. The van der Waals surface area contributed by atoms with Gasteiger partial charge in [0, 0.05) is 6.20 Å². The average Bonchev–Trinajstić information content (AvgIpc) is 3.10. The van der Waals surface area contributed by atoms with Crippen LogP contribution in [0.4, 0.5) is 0 Å². The van der Waals surface area contributed by atoms with Crippen LogP contribution >= 0.6 is 0 Å². The molecule has 0 aliphatic heterocycles. The van der Waals surface area contributed by atoms with E-state index in [0.29, 0.717) is 0 Å². The number of nitrogens with zero attached hydrogens (tertiary/aromatic N) is 1. The van der Waals surface area contributed by atoms with Gasteiger partial charge in [0.15, 0.2) is 0 Å². The van der Waals surface area contributed by atoms with Crippen LogP contribution in [0.1, 0.15) is 23.3 Å². The summed E-state index contributed by atoms with van der Waals surface area (Å²) in [6.45, 7) is 0. The van der Waals surface area contributed by atoms with Crippen molar-refractivity contribution in [3.8, 4) is 0 Å². The Kier molecular flexibility index (Phi) is 2.85. The van der Waals surface area contributed by atoms with Crippen LogP contribution in [0.2, 0.25) is 0 Å². The minimum atomic E-state index is -0.980. The Labute approximate surface area is 92.5 Å². The molecule has 0 spiro atoms. The van der Waals surface area contributed by atoms with Crippen molar-refractivity contribution in [2.45, 2.75) is 18.9 Å². The number of nitrogens with one attached hydrogen (secondary N) is 1. The molecule has 1 aromatic rings. The summed E-state index contributed by atoms with van der Waals surface area (Å²) < 4.78 is 0. The highest BCUT2D eigenvalue weighted by Crippen LogP contribution is 2.32. The van der Waals surface area contributed by atoms with Crippen LogP contribution in [0.5, 0.6) is 0 Å². The molecule has 84 valence electrons. The molecule has 1 atom stereocenters. The maximum absolute atomic E-state index is 11.7. The fourth-order valence-electron chi connectivity index (χ4n) is 1.52. The molecule has 1 aliphatic rings. The molecule has 5 nitrogen and oxygen atoms in total. The molecule has 0 radical (unpaired) electrons. The van der Waals surface area contributed by atoms with Crippen LogP contribution in [0.3, 0.4) is 0 Å². The van der Waals surface area contributed by atoms with E-state index in [1.165, 1.54) is 6.20 Å². The van der Waals surface area contributed by atoms with Crippen molar-refractivity contribution in [1.82, 2.24) is 10.3 Å². The van der Waals surface area contributed by atoms with Crippen molar-refractivity contribution < 1.29 is 14.7 Å². The van der Waals surface area contributed by atoms with Crippen LogP contribution in [0.25, 0.3) is 0 Å². The minimum absolute atomic E-state index is 0.0742. The summed E-state index contributed by atoms with van der Waals surface area (Å²) in [5.74, 6) is -1.34. The molecular weight excluding hydrogens is 208 g/mol. The smallest absolute Gasteiger partial charge is 0.326 e. The highest BCUT2D eigenvalue weighted by Gasteiger charge is 2.37. The van der Waals surface area contributed by atoms with Gasteiger partial charge >= 0.3 is 5.97 Å². The molecule has 5 heteroatoms. The number of carboxylic acids is 1. The van der Waals surface area contributed by atoms with Gasteiger partial charge in [0.2, 0.25) is 0 Å². The number of carboxylic acid groups (broad SMARTS) is 1. The predicted molar refractivity (Wildman–Crippen MR) is 55.9 cm³/mol. The minimum Gasteiger partial charge on any atom is -0.480 e. The van der Waals surface area contributed by atoms with Crippen LogP contribution in [0, 0.1) is 5.92 Å². The monoisotopic (exact) mass is 220 g/mol. The van der Waals surface area contributed by atoms with Crippen LogP contribution in [-0.2, 0) is 4.79 Å². The van der Waals surface area contributed by atoms with E-state index in [4.69, 9.17) is 5.11 Å². The summed E-state index contributed by atoms with van der Waals surface area (Å²) in [4.78, 5) is 26.4. The zero-order valence-electron chi connectivity index (χ0n) is 8.59. The predicted octanol–water partition coefficient (Wildman–Crippen LogP) is 0.675. The van der Waals surface area contributed by atoms with E-state index in [2.05, 4.69) is 10.3 Å². The van der Waals surface area contributed by atoms with E-state index >= 15 is 0 Å². The molecule has 2 N–H and O–H groups in total. The Morgan fingerprint density at radius 1 is 1.44 bits per heavy atom. The molecule has 1 amide bonds. The van der Waals surface area contributed by atoms with Crippen LogP contribution in [-0.4, -0.2) is 28.0 Å². The quantitative estimate of drug-likeness (QED) is 0.781. The number of rotatable bonds is 4. The van der Waals surface area contributed by atoms with Crippen molar-refractivity contribution >= 4 is 11.9 Å². The lowest BCUT2D eigenvalue weighted by atomic mass is 10.2. The molecule has 1 saturated carbocycles. The van der Waals surface area contributed by atoms with Gasteiger partial charge in [-0.25, -0.2) is 4.79 Å². The number of hydrogen-bond acceptors (Lipinski definition) is 3. The number of carbonyl (C=O) groups is 2. The number of carbonyl (C=O) groups excluding carboxylic acids is 1. The maximum Gasteiger partial charge on any atom is 0.326 e. The fourth-order valence-corrected chi connectivity index (χ4v) is 1.52. The SMILES string of the molecule is O=C(NC(C(=O)O)C1CC1)c1ccccn1. The fraction of sp³-hybridized carbons (Fsp3) is 0.364. The largest absolute Gasteiger partial charge is 0.480 e. The van der Waals surface area contributed by atoms with Crippen molar-refractivity contribution in [2.75, 3.05) is 0 Å². The molecule has 0 aromatic carbocycles.